The van der Waals surface area contributed by atoms with Crippen LogP contribution in [0.25, 0.3) is 28.1 Å². The summed E-state index contributed by atoms with van der Waals surface area (Å²) in [5.74, 6) is 0.176. The van der Waals surface area contributed by atoms with Gasteiger partial charge in [-0.25, -0.2) is 0 Å². The average molecular weight is 482 g/mol. The van der Waals surface area contributed by atoms with Crippen molar-refractivity contribution >= 4 is 17.6 Å². The molecular formula is C30H31N3O3. The van der Waals surface area contributed by atoms with Crippen molar-refractivity contribution in [2.24, 2.45) is 5.92 Å². The number of aromatic nitrogens is 2. The quantitative estimate of drug-likeness (QED) is 0.297. The fourth-order valence-corrected chi connectivity index (χ4v) is 4.20. The SMILES string of the molecule is CC(=O)Oc1c(-c2ccc(NC(=O)CC(C)C)cc2)c(-c2ccccc2)nn1-c1ccc(C)cc1C. The fraction of sp³-hybridized carbons (Fsp3) is 0.233. The second kappa shape index (κ2) is 10.6. The maximum absolute atomic E-state index is 12.2. The van der Waals surface area contributed by atoms with Crippen LogP contribution >= 0.6 is 0 Å². The maximum Gasteiger partial charge on any atom is 0.309 e. The number of anilines is 1. The number of nitrogens with zero attached hydrogens (tertiary/aromatic N) is 2. The van der Waals surface area contributed by atoms with Gasteiger partial charge in [0, 0.05) is 24.6 Å². The lowest BCUT2D eigenvalue weighted by atomic mass is 10.0. The van der Waals surface area contributed by atoms with E-state index >= 15 is 0 Å². The van der Waals surface area contributed by atoms with Crippen LogP contribution in [-0.2, 0) is 9.59 Å². The smallest absolute Gasteiger partial charge is 0.309 e. The van der Waals surface area contributed by atoms with E-state index in [2.05, 4.69) is 11.4 Å². The van der Waals surface area contributed by atoms with Gasteiger partial charge in [-0.3, -0.25) is 9.59 Å². The van der Waals surface area contributed by atoms with Crippen LogP contribution in [0.3, 0.4) is 0 Å². The molecule has 0 bridgehead atoms. The fourth-order valence-electron chi connectivity index (χ4n) is 4.20. The molecule has 0 radical (unpaired) electrons. The van der Waals surface area contributed by atoms with Crippen molar-refractivity contribution in [3.05, 3.63) is 83.9 Å². The van der Waals surface area contributed by atoms with Crippen LogP contribution in [0.1, 0.15) is 38.3 Å². The molecule has 6 heteroatoms. The van der Waals surface area contributed by atoms with Gasteiger partial charge in [0.15, 0.2) is 0 Å². The Kier molecular flexibility index (Phi) is 7.34. The molecule has 36 heavy (non-hydrogen) atoms. The van der Waals surface area contributed by atoms with E-state index in [4.69, 9.17) is 9.84 Å². The monoisotopic (exact) mass is 481 g/mol. The normalized spacial score (nSPS) is 10.9. The summed E-state index contributed by atoms with van der Waals surface area (Å²) >= 11 is 0. The first kappa shape index (κ1) is 24.9. The Bertz CT molecular complexity index is 1390. The van der Waals surface area contributed by atoms with Crippen LogP contribution in [-0.4, -0.2) is 21.7 Å². The summed E-state index contributed by atoms with van der Waals surface area (Å²) in [5, 5.41) is 7.89. The van der Waals surface area contributed by atoms with Crippen molar-refractivity contribution in [3.63, 3.8) is 0 Å². The molecule has 0 spiro atoms. The lowest BCUT2D eigenvalue weighted by Gasteiger charge is -2.12. The third-order valence-corrected chi connectivity index (χ3v) is 5.76. The molecule has 4 rings (SSSR count). The summed E-state index contributed by atoms with van der Waals surface area (Å²) < 4.78 is 7.50. The molecule has 0 fully saturated rings. The third kappa shape index (κ3) is 5.54. The predicted octanol–water partition coefficient (Wildman–Crippen LogP) is 6.73. The zero-order valence-corrected chi connectivity index (χ0v) is 21.3. The largest absolute Gasteiger partial charge is 0.407 e. The van der Waals surface area contributed by atoms with Crippen LogP contribution in [0.4, 0.5) is 5.69 Å². The van der Waals surface area contributed by atoms with Gasteiger partial charge in [0.05, 0.1) is 11.3 Å². The highest BCUT2D eigenvalue weighted by Gasteiger charge is 2.25. The van der Waals surface area contributed by atoms with E-state index in [0.717, 1.165) is 27.9 Å². The zero-order chi connectivity index (χ0) is 25.8. The van der Waals surface area contributed by atoms with Gasteiger partial charge in [0.2, 0.25) is 11.8 Å². The molecule has 0 unspecified atom stereocenters. The maximum atomic E-state index is 12.2. The molecule has 4 aromatic rings. The van der Waals surface area contributed by atoms with Gasteiger partial charge in [-0.15, -0.1) is 0 Å². The van der Waals surface area contributed by atoms with Crippen LogP contribution in [0.2, 0.25) is 0 Å². The number of esters is 1. The summed E-state index contributed by atoms with van der Waals surface area (Å²) in [6.45, 7) is 9.46. The molecule has 0 aliphatic rings. The van der Waals surface area contributed by atoms with Gasteiger partial charge < -0.3 is 10.1 Å². The minimum atomic E-state index is -0.431. The molecular weight excluding hydrogens is 450 g/mol. The summed E-state index contributed by atoms with van der Waals surface area (Å²) in [6, 6.07) is 23.4. The summed E-state index contributed by atoms with van der Waals surface area (Å²) in [4.78, 5) is 24.4. The van der Waals surface area contributed by atoms with Gasteiger partial charge in [-0.2, -0.15) is 9.78 Å². The highest BCUT2D eigenvalue weighted by Crippen LogP contribution is 2.41. The Hall–Kier alpha value is -4.19. The number of ether oxygens (including phenoxy) is 1. The lowest BCUT2D eigenvalue weighted by Crippen LogP contribution is -2.13. The molecule has 6 nitrogen and oxygen atoms in total. The van der Waals surface area contributed by atoms with Crippen molar-refractivity contribution in [1.29, 1.82) is 0 Å². The molecule has 184 valence electrons. The molecule has 1 N–H and O–H groups in total. The Morgan fingerprint density at radius 2 is 1.64 bits per heavy atom. The molecule has 0 saturated heterocycles. The van der Waals surface area contributed by atoms with Gasteiger partial charge in [-0.1, -0.05) is 74.0 Å². The molecule has 3 aromatic carbocycles. The van der Waals surface area contributed by atoms with E-state index in [1.165, 1.54) is 6.92 Å². The van der Waals surface area contributed by atoms with E-state index in [1.54, 1.807) is 4.68 Å². The molecule has 0 aliphatic heterocycles. The predicted molar refractivity (Wildman–Crippen MR) is 143 cm³/mol. The molecule has 1 aromatic heterocycles. The van der Waals surface area contributed by atoms with Crippen molar-refractivity contribution < 1.29 is 14.3 Å². The molecule has 0 atom stereocenters. The van der Waals surface area contributed by atoms with Gasteiger partial charge >= 0.3 is 5.97 Å². The highest BCUT2D eigenvalue weighted by atomic mass is 16.5. The summed E-state index contributed by atoms with van der Waals surface area (Å²) in [6.07, 6.45) is 0.458. The summed E-state index contributed by atoms with van der Waals surface area (Å²) in [5.41, 5.74) is 6.82. The Morgan fingerprint density at radius 3 is 2.25 bits per heavy atom. The number of carbonyl (C=O) groups is 2. The minimum Gasteiger partial charge on any atom is -0.407 e. The van der Waals surface area contributed by atoms with E-state index in [-0.39, 0.29) is 11.8 Å². The van der Waals surface area contributed by atoms with Crippen molar-refractivity contribution in [1.82, 2.24) is 9.78 Å². The number of hydrogen-bond acceptors (Lipinski definition) is 4. The third-order valence-electron chi connectivity index (χ3n) is 5.76. The first-order valence-corrected chi connectivity index (χ1v) is 12.1. The lowest BCUT2D eigenvalue weighted by molar-refractivity contribution is -0.132. The van der Waals surface area contributed by atoms with Gasteiger partial charge in [0.25, 0.3) is 0 Å². The van der Waals surface area contributed by atoms with E-state index in [0.29, 0.717) is 29.2 Å². The number of nitrogens with one attached hydrogen (secondary N) is 1. The second-order valence-electron chi connectivity index (χ2n) is 9.41. The summed E-state index contributed by atoms with van der Waals surface area (Å²) in [7, 11) is 0. The van der Waals surface area contributed by atoms with Gasteiger partial charge in [-0.05, 0) is 49.1 Å². The van der Waals surface area contributed by atoms with Crippen molar-refractivity contribution in [2.45, 2.75) is 41.0 Å². The number of aryl methyl sites for hydroxylation is 2. The van der Waals surface area contributed by atoms with E-state index in [9.17, 15) is 9.59 Å². The van der Waals surface area contributed by atoms with Gasteiger partial charge in [0.1, 0.15) is 5.69 Å². The number of hydrogen-bond donors (Lipinski definition) is 1. The topological polar surface area (TPSA) is 73.2 Å². The standard InChI is InChI=1S/C30H31N3O3/c1-19(2)17-27(35)31-25-14-12-23(13-15-25)28-29(24-9-7-6-8-10-24)32-33(30(28)36-22(5)34)26-16-11-20(3)18-21(26)4/h6-16,18-19H,17H2,1-5H3,(H,31,35). The van der Waals surface area contributed by atoms with E-state index in [1.807, 2.05) is 94.4 Å². The molecule has 0 aliphatic carbocycles. The minimum absolute atomic E-state index is 0.0222. The molecule has 0 saturated carbocycles. The van der Waals surface area contributed by atoms with E-state index < -0.39 is 5.97 Å². The number of amides is 1. The second-order valence-corrected chi connectivity index (χ2v) is 9.41. The molecule has 1 amide bonds. The highest BCUT2D eigenvalue weighted by molar-refractivity contribution is 5.92. The van der Waals surface area contributed by atoms with Crippen LogP contribution in [0.5, 0.6) is 5.88 Å². The number of carbonyl (C=O) groups excluding carboxylic acids is 2. The van der Waals surface area contributed by atoms with Crippen molar-refractivity contribution in [3.8, 4) is 34.0 Å². The van der Waals surface area contributed by atoms with Crippen LogP contribution in [0, 0.1) is 19.8 Å². The Balaban J connectivity index is 1.88. The number of rotatable bonds is 7. The van der Waals surface area contributed by atoms with Crippen LogP contribution < -0.4 is 10.1 Å². The number of benzene rings is 3. The Morgan fingerprint density at radius 1 is 0.944 bits per heavy atom. The zero-order valence-electron chi connectivity index (χ0n) is 21.3. The van der Waals surface area contributed by atoms with Crippen molar-refractivity contribution in [2.75, 3.05) is 5.32 Å². The average Bonchev–Trinajstić information content (AvgIpc) is 3.18. The first-order valence-electron chi connectivity index (χ1n) is 12.1. The van der Waals surface area contributed by atoms with Crippen LogP contribution in [0.15, 0.2) is 72.8 Å². The Labute approximate surface area is 211 Å². The molecule has 1 heterocycles. The first-order chi connectivity index (χ1) is 17.2.